The molecular weight excluding hydrogens is 303 g/mol. The van der Waals surface area contributed by atoms with Crippen molar-refractivity contribution >= 4 is 20.9 Å². The summed E-state index contributed by atoms with van der Waals surface area (Å²) in [5, 5.41) is 0.871. The SMILES string of the molecule is CCCS(=O)(=O)N1CCC(c2cc3cc(F)ccc3[nH]2)CC1. The summed E-state index contributed by atoms with van der Waals surface area (Å²) in [6.45, 7) is 3.02. The van der Waals surface area contributed by atoms with Crippen molar-refractivity contribution in [2.45, 2.75) is 32.1 Å². The predicted molar refractivity (Wildman–Crippen MR) is 85.9 cm³/mol. The summed E-state index contributed by atoms with van der Waals surface area (Å²) < 4.78 is 39.0. The van der Waals surface area contributed by atoms with Crippen LogP contribution in [-0.4, -0.2) is 36.5 Å². The van der Waals surface area contributed by atoms with Gasteiger partial charge < -0.3 is 4.98 Å². The highest BCUT2D eigenvalue weighted by molar-refractivity contribution is 7.89. The molecule has 0 aliphatic carbocycles. The number of fused-ring (bicyclic) bond motifs is 1. The summed E-state index contributed by atoms with van der Waals surface area (Å²) in [4.78, 5) is 3.34. The van der Waals surface area contributed by atoms with Gasteiger partial charge in [-0.25, -0.2) is 17.1 Å². The number of aromatic nitrogens is 1. The van der Waals surface area contributed by atoms with E-state index < -0.39 is 10.0 Å². The average molecular weight is 324 g/mol. The molecule has 1 aliphatic rings. The molecule has 0 radical (unpaired) electrons. The number of nitrogens with one attached hydrogen (secondary N) is 1. The zero-order valence-corrected chi connectivity index (χ0v) is 13.5. The number of aromatic amines is 1. The van der Waals surface area contributed by atoms with Crippen LogP contribution in [0.15, 0.2) is 24.3 Å². The molecule has 0 atom stereocenters. The summed E-state index contributed by atoms with van der Waals surface area (Å²) in [6.07, 6.45) is 2.26. The zero-order valence-electron chi connectivity index (χ0n) is 12.7. The lowest BCUT2D eigenvalue weighted by Crippen LogP contribution is -2.39. The van der Waals surface area contributed by atoms with E-state index in [4.69, 9.17) is 0 Å². The third kappa shape index (κ3) is 3.03. The fourth-order valence-electron chi connectivity index (χ4n) is 3.18. The standard InChI is InChI=1S/C16H21FN2O2S/c1-2-9-22(20,21)19-7-5-12(6-8-19)16-11-13-10-14(17)3-4-15(13)18-16/h3-4,10-12,18H,2,5-9H2,1H3. The van der Waals surface area contributed by atoms with Crippen LogP contribution in [0, 0.1) is 5.82 Å². The Bertz CT molecular complexity index is 762. The molecule has 0 spiro atoms. The van der Waals surface area contributed by atoms with Crippen LogP contribution in [0.2, 0.25) is 0 Å². The Hall–Kier alpha value is -1.40. The minimum Gasteiger partial charge on any atom is -0.358 e. The molecule has 2 heterocycles. The second kappa shape index (κ2) is 6.01. The summed E-state index contributed by atoms with van der Waals surface area (Å²) in [5.74, 6) is 0.297. The lowest BCUT2D eigenvalue weighted by atomic mass is 9.95. The van der Waals surface area contributed by atoms with E-state index in [-0.39, 0.29) is 11.6 Å². The third-order valence-electron chi connectivity index (χ3n) is 4.35. The summed E-state index contributed by atoms with van der Waals surface area (Å²) in [5.41, 5.74) is 2.01. The Kier molecular flexibility index (Phi) is 4.23. The van der Waals surface area contributed by atoms with Gasteiger partial charge in [0, 0.05) is 35.6 Å². The normalized spacial score (nSPS) is 18.1. The van der Waals surface area contributed by atoms with Crippen molar-refractivity contribution in [2.24, 2.45) is 0 Å². The quantitative estimate of drug-likeness (QED) is 0.939. The van der Waals surface area contributed by atoms with Gasteiger partial charge in [0.2, 0.25) is 10.0 Å². The van der Waals surface area contributed by atoms with Crippen LogP contribution in [0.25, 0.3) is 10.9 Å². The van der Waals surface area contributed by atoms with Gasteiger partial charge in [0.1, 0.15) is 5.82 Å². The number of H-pyrrole nitrogens is 1. The first-order valence-electron chi connectivity index (χ1n) is 7.75. The number of sulfonamides is 1. The smallest absolute Gasteiger partial charge is 0.214 e. The molecule has 120 valence electrons. The van der Waals surface area contributed by atoms with Gasteiger partial charge in [0.05, 0.1) is 5.75 Å². The number of piperidine rings is 1. The minimum atomic E-state index is -3.10. The van der Waals surface area contributed by atoms with Gasteiger partial charge in [-0.05, 0) is 43.5 Å². The van der Waals surface area contributed by atoms with Crippen molar-refractivity contribution in [3.05, 3.63) is 35.8 Å². The zero-order chi connectivity index (χ0) is 15.7. The lowest BCUT2D eigenvalue weighted by molar-refractivity contribution is 0.317. The molecule has 1 saturated heterocycles. The molecule has 1 aliphatic heterocycles. The van der Waals surface area contributed by atoms with Crippen LogP contribution in [-0.2, 0) is 10.0 Å². The number of halogens is 1. The highest BCUT2D eigenvalue weighted by atomic mass is 32.2. The van der Waals surface area contributed by atoms with E-state index in [2.05, 4.69) is 4.98 Å². The van der Waals surface area contributed by atoms with Gasteiger partial charge in [-0.15, -0.1) is 0 Å². The van der Waals surface area contributed by atoms with Crippen molar-refractivity contribution < 1.29 is 12.8 Å². The lowest BCUT2D eigenvalue weighted by Gasteiger charge is -2.30. The van der Waals surface area contributed by atoms with Crippen molar-refractivity contribution in [1.82, 2.24) is 9.29 Å². The van der Waals surface area contributed by atoms with Crippen LogP contribution in [0.4, 0.5) is 4.39 Å². The summed E-state index contributed by atoms with van der Waals surface area (Å²) >= 11 is 0. The predicted octanol–water partition coefficient (Wildman–Crippen LogP) is 3.23. The highest BCUT2D eigenvalue weighted by Crippen LogP contribution is 2.31. The first-order valence-corrected chi connectivity index (χ1v) is 9.36. The van der Waals surface area contributed by atoms with Gasteiger partial charge in [0.25, 0.3) is 0 Å². The number of hydrogen-bond donors (Lipinski definition) is 1. The summed E-state index contributed by atoms with van der Waals surface area (Å²) in [7, 11) is -3.10. The minimum absolute atomic E-state index is 0.226. The Morgan fingerprint density at radius 1 is 1.27 bits per heavy atom. The van der Waals surface area contributed by atoms with E-state index in [9.17, 15) is 12.8 Å². The molecule has 3 rings (SSSR count). The second-order valence-electron chi connectivity index (χ2n) is 5.95. The topological polar surface area (TPSA) is 53.2 Å². The molecule has 1 aromatic heterocycles. The number of hydrogen-bond acceptors (Lipinski definition) is 2. The average Bonchev–Trinajstić information content (AvgIpc) is 2.90. The maximum Gasteiger partial charge on any atom is 0.214 e. The Morgan fingerprint density at radius 3 is 2.68 bits per heavy atom. The van der Waals surface area contributed by atoms with Gasteiger partial charge in [0.15, 0.2) is 0 Å². The molecule has 0 unspecified atom stereocenters. The largest absolute Gasteiger partial charge is 0.358 e. The number of nitrogens with zero attached hydrogens (tertiary/aromatic N) is 1. The van der Waals surface area contributed by atoms with E-state index in [0.717, 1.165) is 29.4 Å². The van der Waals surface area contributed by atoms with Crippen LogP contribution in [0.1, 0.15) is 37.8 Å². The van der Waals surface area contributed by atoms with Gasteiger partial charge in [-0.2, -0.15) is 0 Å². The molecule has 0 bridgehead atoms. The first-order chi connectivity index (χ1) is 10.5. The van der Waals surface area contributed by atoms with Crippen molar-refractivity contribution in [2.75, 3.05) is 18.8 Å². The molecule has 4 nitrogen and oxygen atoms in total. The van der Waals surface area contributed by atoms with Gasteiger partial charge >= 0.3 is 0 Å². The van der Waals surface area contributed by atoms with E-state index in [1.54, 1.807) is 10.4 Å². The van der Waals surface area contributed by atoms with E-state index in [0.29, 0.717) is 25.4 Å². The molecule has 1 N–H and O–H groups in total. The van der Waals surface area contributed by atoms with Crippen LogP contribution in [0.3, 0.4) is 0 Å². The Balaban J connectivity index is 1.72. The molecule has 22 heavy (non-hydrogen) atoms. The summed E-state index contributed by atoms with van der Waals surface area (Å²) in [6, 6.07) is 6.70. The maximum atomic E-state index is 13.3. The van der Waals surface area contributed by atoms with Crippen LogP contribution in [0.5, 0.6) is 0 Å². The van der Waals surface area contributed by atoms with E-state index >= 15 is 0 Å². The first kappa shape index (κ1) is 15.5. The van der Waals surface area contributed by atoms with Crippen molar-refractivity contribution in [3.63, 3.8) is 0 Å². The fraction of sp³-hybridized carbons (Fsp3) is 0.500. The monoisotopic (exact) mass is 324 g/mol. The highest BCUT2D eigenvalue weighted by Gasteiger charge is 2.28. The molecular formula is C16H21FN2O2S. The van der Waals surface area contributed by atoms with Gasteiger partial charge in [-0.1, -0.05) is 6.92 Å². The maximum absolute atomic E-state index is 13.3. The molecule has 0 saturated carbocycles. The Labute approximate surface area is 130 Å². The van der Waals surface area contributed by atoms with Crippen molar-refractivity contribution in [3.8, 4) is 0 Å². The molecule has 1 fully saturated rings. The third-order valence-corrected chi connectivity index (χ3v) is 6.43. The van der Waals surface area contributed by atoms with Crippen molar-refractivity contribution in [1.29, 1.82) is 0 Å². The molecule has 0 amide bonds. The molecule has 6 heteroatoms. The van der Waals surface area contributed by atoms with E-state index in [1.165, 1.54) is 12.1 Å². The van der Waals surface area contributed by atoms with Crippen LogP contribution >= 0.6 is 0 Å². The van der Waals surface area contributed by atoms with Crippen LogP contribution < -0.4 is 0 Å². The van der Waals surface area contributed by atoms with Gasteiger partial charge in [-0.3, -0.25) is 0 Å². The number of rotatable bonds is 4. The van der Waals surface area contributed by atoms with E-state index in [1.807, 2.05) is 13.0 Å². The fourth-order valence-corrected chi connectivity index (χ4v) is 4.72. The number of benzene rings is 1. The molecule has 1 aromatic carbocycles. The molecule has 2 aromatic rings. The Morgan fingerprint density at radius 2 is 2.00 bits per heavy atom. The second-order valence-corrected chi connectivity index (χ2v) is 8.03.